The van der Waals surface area contributed by atoms with Crippen molar-refractivity contribution in [1.29, 1.82) is 0 Å². The van der Waals surface area contributed by atoms with E-state index in [1.54, 1.807) is 75.0 Å². The highest BCUT2D eigenvalue weighted by Gasteiger charge is 2.35. The Hall–Kier alpha value is -4.40. The molecule has 0 aliphatic carbocycles. The van der Waals surface area contributed by atoms with E-state index in [0.717, 1.165) is 39.6 Å². The normalized spacial score (nSPS) is 15.1. The van der Waals surface area contributed by atoms with Crippen molar-refractivity contribution in [3.63, 3.8) is 0 Å². The molecule has 0 fully saturated rings. The van der Waals surface area contributed by atoms with E-state index in [0.29, 0.717) is 20.6 Å². The maximum atomic E-state index is 14.0. The summed E-state index contributed by atoms with van der Waals surface area (Å²) in [7, 11) is 0. The molecular formula is C34H27F3N4O4S3. The second-order valence-electron chi connectivity index (χ2n) is 10.9. The Kier molecular flexibility index (Phi) is 9.50. The summed E-state index contributed by atoms with van der Waals surface area (Å²) in [5.74, 6) is -0.270. The van der Waals surface area contributed by atoms with Crippen molar-refractivity contribution in [3.05, 3.63) is 121 Å². The van der Waals surface area contributed by atoms with Crippen LogP contribution in [0.4, 0.5) is 13.2 Å². The smallest absolute Gasteiger partial charge is 0.433 e. The van der Waals surface area contributed by atoms with Crippen molar-refractivity contribution < 1.29 is 27.1 Å². The maximum Gasteiger partial charge on any atom is 0.433 e. The van der Waals surface area contributed by atoms with E-state index in [9.17, 15) is 22.8 Å². The third-order valence-corrected chi connectivity index (χ3v) is 9.66. The van der Waals surface area contributed by atoms with Crippen LogP contribution in [0.3, 0.4) is 0 Å². The van der Waals surface area contributed by atoms with Gasteiger partial charge in [0.25, 0.3) is 5.56 Å². The number of hydrogen-bond acceptors (Lipinski definition) is 10. The molecule has 1 aliphatic rings. The van der Waals surface area contributed by atoms with Crippen LogP contribution >= 0.6 is 34.9 Å². The van der Waals surface area contributed by atoms with Gasteiger partial charge in [-0.2, -0.15) is 13.2 Å². The molecule has 3 aromatic heterocycles. The lowest BCUT2D eigenvalue weighted by Crippen LogP contribution is -2.40. The van der Waals surface area contributed by atoms with E-state index < -0.39 is 23.9 Å². The molecule has 14 heteroatoms. The van der Waals surface area contributed by atoms with E-state index in [-0.39, 0.29) is 38.9 Å². The molecule has 0 unspecified atom stereocenters. The second kappa shape index (κ2) is 13.6. The van der Waals surface area contributed by atoms with Gasteiger partial charge >= 0.3 is 12.1 Å². The number of benzene rings is 2. The number of fused-ring (bicyclic) bond motifs is 1. The standard InChI is InChI=1S/C34H27F3N4O4S3/c1-18(2)44-31(43)28-19(3)38-33-41(29(28)21-10-13-23(46-4)14-11-21)30(42)25(47-33)16-22-12-15-27(45-22)48-32-39-24(20-8-6-5-7-9-20)17-26(40-32)34(35,36)37/h5-18,29H,1-4H3/b25-16-/t29-/m0/s1. The predicted molar refractivity (Wildman–Crippen MR) is 179 cm³/mol. The number of allylic oxidation sites excluding steroid dienone is 1. The minimum absolute atomic E-state index is 0.123. The SMILES string of the molecule is CSc1ccc([C@H]2C(C(=O)OC(C)C)=C(C)N=c3s/c(=C\c4ccc(Sc5nc(-c6ccccc6)cc(C(F)(F)F)n5)o4)c(=O)n32)cc1. The molecule has 4 heterocycles. The lowest BCUT2D eigenvalue weighted by atomic mass is 9.96. The van der Waals surface area contributed by atoms with Crippen molar-refractivity contribution in [3.8, 4) is 11.3 Å². The Balaban J connectivity index is 1.37. The zero-order chi connectivity index (χ0) is 34.2. The molecule has 2 aromatic carbocycles. The molecule has 6 rings (SSSR count). The molecule has 0 spiro atoms. The van der Waals surface area contributed by atoms with Gasteiger partial charge in [0.1, 0.15) is 11.5 Å². The summed E-state index contributed by atoms with van der Waals surface area (Å²) < 4.78 is 54.3. The number of furan rings is 1. The number of carbonyl (C=O) groups is 1. The number of hydrogen-bond donors (Lipinski definition) is 0. The molecule has 1 atom stereocenters. The fourth-order valence-electron chi connectivity index (χ4n) is 5.02. The van der Waals surface area contributed by atoms with E-state index in [1.807, 2.05) is 30.5 Å². The number of alkyl halides is 3. The van der Waals surface area contributed by atoms with Crippen molar-refractivity contribution in [2.24, 2.45) is 4.99 Å². The van der Waals surface area contributed by atoms with Crippen LogP contribution < -0.4 is 14.9 Å². The van der Waals surface area contributed by atoms with E-state index in [4.69, 9.17) is 9.15 Å². The Morgan fingerprint density at radius 2 is 1.79 bits per heavy atom. The first-order valence-corrected chi connectivity index (χ1v) is 17.4. The summed E-state index contributed by atoms with van der Waals surface area (Å²) in [6.07, 6.45) is -1.56. The number of thioether (sulfide) groups is 1. The van der Waals surface area contributed by atoms with Gasteiger partial charge in [0.05, 0.1) is 33.6 Å². The summed E-state index contributed by atoms with van der Waals surface area (Å²) >= 11 is 3.54. The molecule has 1 aliphatic heterocycles. The quantitative estimate of drug-likeness (QED) is 0.0955. The zero-order valence-corrected chi connectivity index (χ0v) is 28.4. The monoisotopic (exact) mass is 708 g/mol. The predicted octanol–water partition coefficient (Wildman–Crippen LogP) is 7.13. The lowest BCUT2D eigenvalue weighted by Gasteiger charge is -2.25. The van der Waals surface area contributed by atoms with Crippen LogP contribution in [0.25, 0.3) is 17.3 Å². The number of thiazole rings is 1. The fraction of sp³-hybridized carbons (Fsp3) is 0.206. The molecule has 48 heavy (non-hydrogen) atoms. The number of rotatable bonds is 8. The summed E-state index contributed by atoms with van der Waals surface area (Å²) in [6, 6.07) is 19.4. The summed E-state index contributed by atoms with van der Waals surface area (Å²) in [6.45, 7) is 5.22. The van der Waals surface area contributed by atoms with Gasteiger partial charge in [-0.3, -0.25) is 9.36 Å². The molecule has 0 amide bonds. The fourth-order valence-corrected chi connectivity index (χ4v) is 7.20. The molecule has 0 N–H and O–H groups in total. The molecule has 8 nitrogen and oxygen atoms in total. The molecule has 0 bridgehead atoms. The van der Waals surface area contributed by atoms with Gasteiger partial charge in [-0.05, 0) is 74.7 Å². The summed E-state index contributed by atoms with van der Waals surface area (Å²) in [5.41, 5.74) is 0.607. The van der Waals surface area contributed by atoms with Gasteiger partial charge in [0.15, 0.2) is 15.1 Å². The minimum atomic E-state index is -4.68. The Bertz CT molecular complexity index is 2210. The number of halogens is 3. The van der Waals surface area contributed by atoms with Crippen LogP contribution in [0.1, 0.15) is 43.8 Å². The van der Waals surface area contributed by atoms with Gasteiger partial charge in [-0.1, -0.05) is 53.8 Å². The van der Waals surface area contributed by atoms with Crippen molar-refractivity contribution >= 4 is 46.9 Å². The molecule has 0 saturated heterocycles. The van der Waals surface area contributed by atoms with E-state index in [2.05, 4.69) is 15.0 Å². The Labute approximate surface area is 285 Å². The molecule has 246 valence electrons. The molecule has 5 aromatic rings. The largest absolute Gasteiger partial charge is 0.459 e. The number of nitrogens with zero attached hydrogens (tertiary/aromatic N) is 4. The highest BCUT2D eigenvalue weighted by atomic mass is 32.2. The van der Waals surface area contributed by atoms with Gasteiger partial charge in [0, 0.05) is 16.5 Å². The maximum absolute atomic E-state index is 14.0. The first kappa shape index (κ1) is 33.5. The number of aromatic nitrogens is 3. The van der Waals surface area contributed by atoms with Crippen LogP contribution in [0.15, 0.2) is 113 Å². The van der Waals surface area contributed by atoms with Gasteiger partial charge in [-0.15, -0.1) is 11.8 Å². The van der Waals surface area contributed by atoms with Gasteiger partial charge in [0.2, 0.25) is 0 Å². The van der Waals surface area contributed by atoms with Crippen LogP contribution in [0.2, 0.25) is 0 Å². The number of ether oxygens (including phenoxy) is 1. The first-order chi connectivity index (χ1) is 22.9. The van der Waals surface area contributed by atoms with Crippen molar-refractivity contribution in [2.75, 3.05) is 6.26 Å². The second-order valence-corrected chi connectivity index (χ2v) is 13.7. The minimum Gasteiger partial charge on any atom is -0.459 e. The van der Waals surface area contributed by atoms with Crippen LogP contribution in [0.5, 0.6) is 0 Å². The van der Waals surface area contributed by atoms with Crippen LogP contribution in [0, 0.1) is 0 Å². The molecular weight excluding hydrogens is 682 g/mol. The average Bonchev–Trinajstić information content (AvgIpc) is 3.62. The van der Waals surface area contributed by atoms with Crippen LogP contribution in [-0.4, -0.2) is 32.9 Å². The van der Waals surface area contributed by atoms with Crippen molar-refractivity contribution in [2.45, 2.75) is 54.2 Å². The van der Waals surface area contributed by atoms with Gasteiger partial charge < -0.3 is 9.15 Å². The summed E-state index contributed by atoms with van der Waals surface area (Å²) in [4.78, 5) is 41.4. The van der Waals surface area contributed by atoms with E-state index in [1.165, 1.54) is 10.6 Å². The number of esters is 1. The topological polar surface area (TPSA) is 99.6 Å². The van der Waals surface area contributed by atoms with Gasteiger partial charge in [-0.25, -0.2) is 19.8 Å². The highest BCUT2D eigenvalue weighted by molar-refractivity contribution is 7.99. The average molecular weight is 709 g/mol. The van der Waals surface area contributed by atoms with E-state index >= 15 is 0 Å². The third kappa shape index (κ3) is 7.05. The highest BCUT2D eigenvalue weighted by Crippen LogP contribution is 2.35. The molecule has 0 saturated carbocycles. The lowest BCUT2D eigenvalue weighted by molar-refractivity contribution is -0.143. The Morgan fingerprint density at radius 1 is 1.06 bits per heavy atom. The molecule has 0 radical (unpaired) electrons. The van der Waals surface area contributed by atoms with Crippen molar-refractivity contribution in [1.82, 2.24) is 14.5 Å². The number of carbonyl (C=O) groups excluding carboxylic acids is 1. The van der Waals surface area contributed by atoms with Crippen LogP contribution in [-0.2, 0) is 15.7 Å². The Morgan fingerprint density at radius 3 is 2.46 bits per heavy atom. The summed E-state index contributed by atoms with van der Waals surface area (Å²) in [5, 5.41) is 0.0846. The third-order valence-electron chi connectivity index (χ3n) is 7.15. The first-order valence-electron chi connectivity index (χ1n) is 14.6. The zero-order valence-electron chi connectivity index (χ0n) is 25.9.